The van der Waals surface area contributed by atoms with Gasteiger partial charge in [-0.05, 0) is 162 Å². The molecule has 0 aliphatic carbocycles. The summed E-state index contributed by atoms with van der Waals surface area (Å²) >= 11 is 0. The highest BCUT2D eigenvalue weighted by atomic mass is 32.1. The standard InChI is InChI=1S/2C22H28N2O.2H2S/c2*1-15-10-19(11-16(2)23-15)12-18-6-8-24(14-18)17(3)21-5-4-20-7-9-25-22(20)13-21;;/h2*4-5,10-11,13,17-18H,6-9,12,14H2,1-3H3;2*1H2/t17-,18+;17-,18-;;/m01../s1. The van der Waals surface area contributed by atoms with Crippen LogP contribution in [0.4, 0.5) is 0 Å². The number of likely N-dealkylation sites (tertiary alicyclic amines) is 2. The molecule has 0 bridgehead atoms. The lowest BCUT2D eigenvalue weighted by atomic mass is 9.98. The van der Waals surface area contributed by atoms with Gasteiger partial charge in [-0.3, -0.25) is 19.8 Å². The van der Waals surface area contributed by atoms with Crippen LogP contribution in [0.1, 0.15) is 94.9 Å². The minimum Gasteiger partial charge on any atom is -0.493 e. The van der Waals surface area contributed by atoms with Gasteiger partial charge in [-0.1, -0.05) is 24.3 Å². The third kappa shape index (κ3) is 9.73. The third-order valence-electron chi connectivity index (χ3n) is 11.5. The molecule has 2 aromatic carbocycles. The van der Waals surface area contributed by atoms with Gasteiger partial charge in [0.1, 0.15) is 11.5 Å². The number of rotatable bonds is 8. The first-order valence-corrected chi connectivity index (χ1v) is 19.0. The van der Waals surface area contributed by atoms with Crippen molar-refractivity contribution < 1.29 is 9.47 Å². The van der Waals surface area contributed by atoms with E-state index in [9.17, 15) is 0 Å². The van der Waals surface area contributed by atoms with E-state index in [0.717, 1.165) is 72.2 Å². The molecule has 2 saturated heterocycles. The molecule has 4 atom stereocenters. The first-order valence-electron chi connectivity index (χ1n) is 19.0. The maximum atomic E-state index is 5.75. The first kappa shape index (κ1) is 40.2. The van der Waals surface area contributed by atoms with Crippen molar-refractivity contribution in [3.05, 3.63) is 117 Å². The lowest BCUT2D eigenvalue weighted by Gasteiger charge is -2.25. The Hall–Kier alpha value is -3.04. The summed E-state index contributed by atoms with van der Waals surface area (Å²) in [6.45, 7) is 19.4. The molecule has 4 aromatic rings. The van der Waals surface area contributed by atoms with Crippen molar-refractivity contribution in [2.45, 2.75) is 92.2 Å². The average molecular weight is 741 g/mol. The summed E-state index contributed by atoms with van der Waals surface area (Å²) in [4.78, 5) is 14.3. The Morgan fingerprint density at radius 3 is 1.37 bits per heavy atom. The number of aromatic nitrogens is 2. The zero-order valence-corrected chi connectivity index (χ0v) is 34.2. The number of hydrogen-bond donors (Lipinski definition) is 0. The molecule has 4 aliphatic rings. The minimum atomic E-state index is 0. The molecule has 280 valence electrons. The Balaban J connectivity index is 0.000000194. The van der Waals surface area contributed by atoms with E-state index in [-0.39, 0.29) is 27.0 Å². The van der Waals surface area contributed by atoms with Gasteiger partial charge in [0, 0.05) is 60.8 Å². The van der Waals surface area contributed by atoms with Gasteiger partial charge >= 0.3 is 0 Å². The topological polar surface area (TPSA) is 50.7 Å². The van der Waals surface area contributed by atoms with E-state index in [4.69, 9.17) is 9.47 Å². The molecule has 0 amide bonds. The molecule has 0 radical (unpaired) electrons. The Kier molecular flexibility index (Phi) is 13.8. The Bertz CT molecular complexity index is 1640. The van der Waals surface area contributed by atoms with Crippen LogP contribution >= 0.6 is 27.0 Å². The zero-order valence-electron chi connectivity index (χ0n) is 32.2. The average Bonchev–Trinajstić information content (AvgIpc) is 3.90. The van der Waals surface area contributed by atoms with Gasteiger partial charge < -0.3 is 9.47 Å². The Labute approximate surface area is 326 Å². The number of nitrogens with zero attached hydrogens (tertiary/aromatic N) is 4. The maximum Gasteiger partial charge on any atom is 0.122 e. The van der Waals surface area contributed by atoms with Crippen LogP contribution in [-0.4, -0.2) is 59.2 Å². The van der Waals surface area contributed by atoms with Crippen molar-refractivity contribution >= 4 is 27.0 Å². The second-order valence-electron chi connectivity index (χ2n) is 15.5. The van der Waals surface area contributed by atoms with Crippen LogP contribution in [0.5, 0.6) is 11.5 Å². The predicted molar refractivity (Wildman–Crippen MR) is 223 cm³/mol. The Morgan fingerprint density at radius 1 is 0.596 bits per heavy atom. The normalized spacial score (nSPS) is 20.3. The summed E-state index contributed by atoms with van der Waals surface area (Å²) in [6.07, 6.45) is 7.01. The van der Waals surface area contributed by atoms with Gasteiger partial charge in [-0.2, -0.15) is 27.0 Å². The molecule has 8 rings (SSSR count). The van der Waals surface area contributed by atoms with Gasteiger partial charge in [-0.25, -0.2) is 0 Å². The molecule has 2 aromatic heterocycles. The number of ether oxygens (including phenoxy) is 2. The van der Waals surface area contributed by atoms with Crippen molar-refractivity contribution in [2.24, 2.45) is 11.8 Å². The van der Waals surface area contributed by atoms with E-state index in [1.807, 2.05) is 0 Å². The van der Waals surface area contributed by atoms with Gasteiger partial charge in [-0.15, -0.1) is 0 Å². The van der Waals surface area contributed by atoms with Crippen LogP contribution < -0.4 is 9.47 Å². The molecule has 6 nitrogen and oxygen atoms in total. The van der Waals surface area contributed by atoms with E-state index in [2.05, 4.69) is 122 Å². The molecule has 8 heteroatoms. The molecule has 0 spiro atoms. The van der Waals surface area contributed by atoms with Crippen LogP contribution in [0, 0.1) is 39.5 Å². The van der Waals surface area contributed by atoms with Crippen molar-refractivity contribution in [3.63, 3.8) is 0 Å². The van der Waals surface area contributed by atoms with Crippen molar-refractivity contribution in [1.29, 1.82) is 0 Å². The van der Waals surface area contributed by atoms with Crippen LogP contribution in [0.3, 0.4) is 0 Å². The van der Waals surface area contributed by atoms with Crippen LogP contribution in [0.2, 0.25) is 0 Å². The number of benzene rings is 2. The molecule has 0 saturated carbocycles. The van der Waals surface area contributed by atoms with Crippen LogP contribution in [0.25, 0.3) is 0 Å². The lowest BCUT2D eigenvalue weighted by molar-refractivity contribution is 0.252. The van der Waals surface area contributed by atoms with E-state index < -0.39 is 0 Å². The van der Waals surface area contributed by atoms with Crippen molar-refractivity contribution in [1.82, 2.24) is 19.8 Å². The fraction of sp³-hybridized carbons (Fsp3) is 0.500. The first-order chi connectivity index (χ1) is 24.2. The van der Waals surface area contributed by atoms with Gasteiger partial charge in [0.2, 0.25) is 0 Å². The number of pyridine rings is 2. The smallest absolute Gasteiger partial charge is 0.122 e. The van der Waals surface area contributed by atoms with Crippen molar-refractivity contribution in [2.75, 3.05) is 39.4 Å². The third-order valence-corrected chi connectivity index (χ3v) is 11.5. The van der Waals surface area contributed by atoms with Gasteiger partial charge in [0.05, 0.1) is 13.2 Å². The van der Waals surface area contributed by atoms with E-state index in [1.54, 1.807) is 0 Å². The van der Waals surface area contributed by atoms with Crippen LogP contribution in [0.15, 0.2) is 60.7 Å². The van der Waals surface area contributed by atoms with E-state index >= 15 is 0 Å². The highest BCUT2D eigenvalue weighted by molar-refractivity contribution is 7.59. The molecular weight excluding hydrogens is 681 g/mol. The largest absolute Gasteiger partial charge is 0.493 e. The van der Waals surface area contributed by atoms with Gasteiger partial charge in [0.25, 0.3) is 0 Å². The summed E-state index contributed by atoms with van der Waals surface area (Å²) in [6, 6.07) is 23.5. The highest BCUT2D eigenvalue weighted by Crippen LogP contribution is 2.35. The fourth-order valence-corrected chi connectivity index (χ4v) is 8.81. The summed E-state index contributed by atoms with van der Waals surface area (Å²) in [5.74, 6) is 3.69. The Morgan fingerprint density at radius 2 is 0.981 bits per heavy atom. The SMILES string of the molecule is Cc1cc(C[C@H]2CCN([C@@H](C)c3ccc4c(c3)OCC4)C2)cc(C)n1.Cc1cc(C[C@H]2CCN([C@H](C)c3ccc4c(c3)OCC4)C2)cc(C)n1.S.S. The number of fused-ring (bicyclic) bond motifs is 2. The fourth-order valence-electron chi connectivity index (χ4n) is 8.81. The molecule has 52 heavy (non-hydrogen) atoms. The number of hydrogen-bond acceptors (Lipinski definition) is 6. The van der Waals surface area contributed by atoms with Gasteiger partial charge in [0.15, 0.2) is 0 Å². The molecule has 0 unspecified atom stereocenters. The van der Waals surface area contributed by atoms with Crippen molar-refractivity contribution in [3.8, 4) is 11.5 Å². The monoisotopic (exact) mass is 740 g/mol. The quantitative estimate of drug-likeness (QED) is 0.180. The molecule has 4 aliphatic heterocycles. The van der Waals surface area contributed by atoms with Crippen LogP contribution in [-0.2, 0) is 25.7 Å². The summed E-state index contributed by atoms with van der Waals surface area (Å²) < 4.78 is 11.5. The second kappa shape index (κ2) is 17.9. The summed E-state index contributed by atoms with van der Waals surface area (Å²) in [5, 5.41) is 0. The summed E-state index contributed by atoms with van der Waals surface area (Å²) in [5.41, 5.74) is 12.9. The molecule has 2 fully saturated rings. The summed E-state index contributed by atoms with van der Waals surface area (Å²) in [7, 11) is 0. The van der Waals surface area contributed by atoms with E-state index in [0.29, 0.717) is 12.1 Å². The maximum absolute atomic E-state index is 5.75. The molecule has 0 N–H and O–H groups in total. The van der Waals surface area contributed by atoms with E-state index in [1.165, 1.54) is 85.2 Å². The zero-order chi connectivity index (χ0) is 34.8. The molecular formula is C44H60N4O2S2. The highest BCUT2D eigenvalue weighted by Gasteiger charge is 2.29. The predicted octanol–water partition coefficient (Wildman–Crippen LogP) is 8.74. The second-order valence-corrected chi connectivity index (χ2v) is 15.5. The molecule has 6 heterocycles. The minimum absolute atomic E-state index is 0. The lowest BCUT2D eigenvalue weighted by Crippen LogP contribution is -2.25. The number of aryl methyl sites for hydroxylation is 4.